The smallest absolute Gasteiger partial charge is 0.0603 e. The molecule has 0 radical (unpaired) electrons. The molecule has 3 fully saturated rings. The Hall–Kier alpha value is -0.160. The van der Waals surface area contributed by atoms with Crippen molar-refractivity contribution in [3.8, 4) is 0 Å². The topological polar surface area (TPSA) is 19.0 Å². The predicted molar refractivity (Wildman–Crippen MR) is 105 cm³/mol. The van der Waals surface area contributed by atoms with E-state index in [4.69, 9.17) is 4.74 Å². The molecule has 0 bridgehead atoms. The van der Waals surface area contributed by atoms with E-state index in [1.165, 1.54) is 84.3 Å². The number of ether oxygens (including phenoxy) is 1. The van der Waals surface area contributed by atoms with Gasteiger partial charge in [0.2, 0.25) is 0 Å². The summed E-state index contributed by atoms with van der Waals surface area (Å²) in [6.45, 7) is 15.8. The Balaban J connectivity index is 1.39. The van der Waals surface area contributed by atoms with Crippen molar-refractivity contribution in [3.63, 3.8) is 0 Å². The first-order valence-corrected chi connectivity index (χ1v) is 10.8. The van der Waals surface area contributed by atoms with Gasteiger partial charge in [0.1, 0.15) is 0 Å². The van der Waals surface area contributed by atoms with Crippen molar-refractivity contribution in [3.05, 3.63) is 0 Å². The molecular formula is C21H41N3O. The molecule has 0 atom stereocenters. The van der Waals surface area contributed by atoms with Crippen molar-refractivity contribution < 1.29 is 4.74 Å². The number of likely N-dealkylation sites (N-methyl/N-ethyl adjacent to an activating group) is 1. The minimum Gasteiger partial charge on any atom is -0.375 e. The number of piperazine rings is 1. The second-order valence-electron chi connectivity index (χ2n) is 9.41. The van der Waals surface area contributed by atoms with E-state index in [9.17, 15) is 0 Å². The van der Waals surface area contributed by atoms with Crippen molar-refractivity contribution in [2.75, 3.05) is 52.9 Å². The molecule has 2 heterocycles. The van der Waals surface area contributed by atoms with Gasteiger partial charge in [-0.1, -0.05) is 6.92 Å². The van der Waals surface area contributed by atoms with Crippen LogP contribution in [0.25, 0.3) is 0 Å². The summed E-state index contributed by atoms with van der Waals surface area (Å²) in [5.41, 5.74) is 0.329. The van der Waals surface area contributed by atoms with Crippen LogP contribution in [0.5, 0.6) is 0 Å². The van der Waals surface area contributed by atoms with E-state index in [1.807, 2.05) is 0 Å². The summed E-state index contributed by atoms with van der Waals surface area (Å²) in [5, 5.41) is 0. The highest BCUT2D eigenvalue weighted by Gasteiger charge is 2.35. The molecule has 0 aromatic rings. The monoisotopic (exact) mass is 351 g/mol. The molecule has 0 spiro atoms. The van der Waals surface area contributed by atoms with E-state index >= 15 is 0 Å². The normalized spacial score (nSPS) is 33.6. The van der Waals surface area contributed by atoms with Crippen LogP contribution in [0.1, 0.15) is 59.3 Å². The van der Waals surface area contributed by atoms with Gasteiger partial charge in [0.25, 0.3) is 0 Å². The Morgan fingerprint density at radius 1 is 0.880 bits per heavy atom. The van der Waals surface area contributed by atoms with Gasteiger partial charge < -0.3 is 14.5 Å². The lowest BCUT2D eigenvalue weighted by Gasteiger charge is -2.48. The van der Waals surface area contributed by atoms with Gasteiger partial charge in [0, 0.05) is 44.8 Å². The van der Waals surface area contributed by atoms with Crippen LogP contribution in [0.3, 0.4) is 0 Å². The second kappa shape index (κ2) is 8.69. The lowest BCUT2D eigenvalue weighted by Crippen LogP contribution is -2.60. The number of hydrogen-bond acceptors (Lipinski definition) is 4. The first-order valence-electron chi connectivity index (χ1n) is 10.8. The number of hydrogen-bond donors (Lipinski definition) is 0. The average Bonchev–Trinajstić information content (AvgIpc) is 2.60. The minimum absolute atomic E-state index is 0.329. The van der Waals surface area contributed by atoms with Crippen molar-refractivity contribution >= 4 is 0 Å². The highest BCUT2D eigenvalue weighted by atomic mass is 16.5. The predicted octanol–water partition coefficient (Wildman–Crippen LogP) is 3.07. The van der Waals surface area contributed by atoms with Crippen LogP contribution in [0, 0.1) is 5.92 Å². The zero-order chi connectivity index (χ0) is 17.9. The van der Waals surface area contributed by atoms with Crippen molar-refractivity contribution in [2.24, 2.45) is 5.92 Å². The summed E-state index contributed by atoms with van der Waals surface area (Å²) < 4.78 is 6.44. The second-order valence-corrected chi connectivity index (χ2v) is 9.41. The quantitative estimate of drug-likeness (QED) is 0.758. The molecule has 4 nitrogen and oxygen atoms in total. The lowest BCUT2D eigenvalue weighted by molar-refractivity contribution is -0.0635. The van der Waals surface area contributed by atoms with Crippen LogP contribution in [0.4, 0.5) is 0 Å². The van der Waals surface area contributed by atoms with E-state index in [1.54, 1.807) is 0 Å². The minimum atomic E-state index is 0.329. The first-order chi connectivity index (χ1) is 12.0. The molecule has 1 aliphatic carbocycles. The maximum Gasteiger partial charge on any atom is 0.0603 e. The Kier molecular flexibility index (Phi) is 6.81. The third-order valence-corrected chi connectivity index (χ3v) is 6.92. The van der Waals surface area contributed by atoms with Crippen molar-refractivity contribution in [1.29, 1.82) is 0 Å². The first kappa shape index (κ1) is 19.6. The molecule has 0 aromatic heterocycles. The maximum absolute atomic E-state index is 6.44. The fourth-order valence-electron chi connectivity index (χ4n) is 5.05. The van der Waals surface area contributed by atoms with Crippen molar-refractivity contribution in [2.45, 2.75) is 77.0 Å². The van der Waals surface area contributed by atoms with E-state index in [-0.39, 0.29) is 0 Å². The molecule has 0 aromatic carbocycles. The molecule has 25 heavy (non-hydrogen) atoms. The molecule has 4 heteroatoms. The van der Waals surface area contributed by atoms with Crippen LogP contribution < -0.4 is 0 Å². The van der Waals surface area contributed by atoms with Crippen LogP contribution >= 0.6 is 0 Å². The summed E-state index contributed by atoms with van der Waals surface area (Å²) >= 11 is 0. The lowest BCUT2D eigenvalue weighted by atomic mass is 9.85. The van der Waals surface area contributed by atoms with Crippen LogP contribution in [-0.4, -0.2) is 85.3 Å². The molecular weight excluding hydrogens is 310 g/mol. The summed E-state index contributed by atoms with van der Waals surface area (Å²) in [7, 11) is 2.23. The summed E-state index contributed by atoms with van der Waals surface area (Å²) in [5.74, 6) is 0.879. The highest BCUT2D eigenvalue weighted by Crippen LogP contribution is 2.31. The van der Waals surface area contributed by atoms with Gasteiger partial charge in [-0.3, -0.25) is 4.90 Å². The molecule has 1 saturated carbocycles. The Labute approximate surface area is 155 Å². The summed E-state index contributed by atoms with van der Waals surface area (Å²) in [6.07, 6.45) is 8.81. The molecule has 0 N–H and O–H groups in total. The number of piperidine rings is 1. The van der Waals surface area contributed by atoms with Gasteiger partial charge in [-0.05, 0) is 71.9 Å². The van der Waals surface area contributed by atoms with Gasteiger partial charge in [0.05, 0.1) is 12.2 Å². The molecule has 0 unspecified atom stereocenters. The Bertz CT molecular complexity index is 398. The number of rotatable bonds is 5. The molecule has 146 valence electrons. The third kappa shape index (κ3) is 5.41. The van der Waals surface area contributed by atoms with E-state index in [0.717, 1.165) is 5.92 Å². The van der Waals surface area contributed by atoms with E-state index in [2.05, 4.69) is 42.5 Å². The maximum atomic E-state index is 6.44. The Morgan fingerprint density at radius 3 is 2.12 bits per heavy atom. The van der Waals surface area contributed by atoms with Gasteiger partial charge in [0.15, 0.2) is 0 Å². The zero-order valence-corrected chi connectivity index (χ0v) is 17.2. The van der Waals surface area contributed by atoms with Crippen LogP contribution in [0.2, 0.25) is 0 Å². The van der Waals surface area contributed by atoms with Crippen LogP contribution in [0.15, 0.2) is 0 Å². The number of likely N-dealkylation sites (tertiary alicyclic amines) is 1. The molecule has 3 rings (SSSR count). The largest absolute Gasteiger partial charge is 0.375 e. The molecule has 0 amide bonds. The molecule has 2 aliphatic heterocycles. The molecule has 2 saturated heterocycles. The van der Waals surface area contributed by atoms with E-state index in [0.29, 0.717) is 17.7 Å². The van der Waals surface area contributed by atoms with Gasteiger partial charge in [-0.2, -0.15) is 0 Å². The van der Waals surface area contributed by atoms with E-state index < -0.39 is 0 Å². The molecule has 3 aliphatic rings. The van der Waals surface area contributed by atoms with Gasteiger partial charge in [-0.15, -0.1) is 0 Å². The summed E-state index contributed by atoms with van der Waals surface area (Å²) in [4.78, 5) is 7.79. The average molecular weight is 352 g/mol. The van der Waals surface area contributed by atoms with Crippen molar-refractivity contribution in [1.82, 2.24) is 14.7 Å². The van der Waals surface area contributed by atoms with Gasteiger partial charge >= 0.3 is 0 Å². The summed E-state index contributed by atoms with van der Waals surface area (Å²) in [6, 6.07) is 0. The Morgan fingerprint density at radius 2 is 1.52 bits per heavy atom. The third-order valence-electron chi connectivity index (χ3n) is 6.92. The SMILES string of the molecule is CCN1CCN(CC2CCC(OC3CCN(C)CC3)CC2)C(C)(C)C1. The van der Waals surface area contributed by atoms with Crippen LogP contribution in [-0.2, 0) is 4.74 Å². The highest BCUT2D eigenvalue weighted by molar-refractivity contribution is 4.91. The standard InChI is InChI=1S/C21H41N3O/c1-5-23-14-15-24(21(2,3)17-23)16-18-6-8-19(9-7-18)25-20-10-12-22(4)13-11-20/h18-20H,5-17H2,1-4H3. The fourth-order valence-corrected chi connectivity index (χ4v) is 5.05. The van der Waals surface area contributed by atoms with Gasteiger partial charge in [-0.25, -0.2) is 0 Å². The zero-order valence-electron chi connectivity index (χ0n) is 17.2. The fraction of sp³-hybridized carbons (Fsp3) is 1.00. The number of nitrogens with zero attached hydrogens (tertiary/aromatic N) is 3.